The first-order valence-corrected chi connectivity index (χ1v) is 7.15. The molecule has 0 spiro atoms. The van der Waals surface area contributed by atoms with Crippen molar-refractivity contribution in [1.82, 2.24) is 15.1 Å². The normalized spacial score (nSPS) is 11.0. The highest BCUT2D eigenvalue weighted by Crippen LogP contribution is 2.20. The first-order chi connectivity index (χ1) is 9.63. The van der Waals surface area contributed by atoms with Crippen LogP contribution in [0.4, 0.5) is 4.39 Å². The van der Waals surface area contributed by atoms with E-state index in [-0.39, 0.29) is 5.82 Å². The summed E-state index contributed by atoms with van der Waals surface area (Å²) in [5.41, 5.74) is 2.61. The van der Waals surface area contributed by atoms with Crippen LogP contribution in [0.2, 0.25) is 5.02 Å². The van der Waals surface area contributed by atoms with Gasteiger partial charge in [0.05, 0.1) is 16.4 Å². The molecule has 0 bridgehead atoms. The summed E-state index contributed by atoms with van der Waals surface area (Å²) in [6.07, 6.45) is 1.48. The summed E-state index contributed by atoms with van der Waals surface area (Å²) >= 11 is 6.27. The lowest BCUT2D eigenvalue weighted by molar-refractivity contribution is 0.588. The maximum absolute atomic E-state index is 13.5. The summed E-state index contributed by atoms with van der Waals surface area (Å²) in [4.78, 5) is 0. The van der Waals surface area contributed by atoms with Gasteiger partial charge in [0, 0.05) is 13.6 Å². The molecular formula is C15H19ClFN3. The minimum absolute atomic E-state index is 0.152. The smallest absolute Gasteiger partial charge is 0.126 e. The van der Waals surface area contributed by atoms with Crippen LogP contribution < -0.4 is 5.32 Å². The molecule has 3 nitrogen and oxygen atoms in total. The summed E-state index contributed by atoms with van der Waals surface area (Å²) in [5.74, 6) is -0.152. The Bertz CT molecular complexity index is 580. The SMILES string of the molecule is CCc1nn(C)c(CNCCc2ccccc2F)c1Cl. The van der Waals surface area contributed by atoms with Gasteiger partial charge in [-0.25, -0.2) is 4.39 Å². The molecule has 5 heteroatoms. The molecule has 0 aliphatic rings. The van der Waals surface area contributed by atoms with Crippen LogP contribution in [0.15, 0.2) is 24.3 Å². The first kappa shape index (κ1) is 15.0. The number of halogens is 2. The highest BCUT2D eigenvalue weighted by molar-refractivity contribution is 6.31. The second kappa shape index (κ2) is 6.86. The van der Waals surface area contributed by atoms with Crippen LogP contribution in [0.1, 0.15) is 23.9 Å². The van der Waals surface area contributed by atoms with Crippen LogP contribution >= 0.6 is 11.6 Å². The van der Waals surface area contributed by atoms with Crippen LogP contribution in [-0.4, -0.2) is 16.3 Å². The molecule has 1 aromatic carbocycles. The summed E-state index contributed by atoms with van der Waals surface area (Å²) < 4.78 is 15.3. The van der Waals surface area contributed by atoms with E-state index in [1.807, 2.05) is 26.1 Å². The number of nitrogens with one attached hydrogen (secondary N) is 1. The zero-order chi connectivity index (χ0) is 14.5. The fourth-order valence-electron chi connectivity index (χ4n) is 2.14. The Balaban J connectivity index is 1.88. The van der Waals surface area contributed by atoms with Gasteiger partial charge in [0.2, 0.25) is 0 Å². The molecule has 0 amide bonds. The van der Waals surface area contributed by atoms with Gasteiger partial charge < -0.3 is 5.32 Å². The second-order valence-corrected chi connectivity index (χ2v) is 5.08. The average Bonchev–Trinajstić information content (AvgIpc) is 2.72. The van der Waals surface area contributed by atoms with E-state index in [0.717, 1.165) is 28.4 Å². The number of benzene rings is 1. The highest BCUT2D eigenvalue weighted by atomic mass is 35.5. The van der Waals surface area contributed by atoms with Crippen molar-refractivity contribution in [2.75, 3.05) is 6.54 Å². The molecule has 0 aliphatic heterocycles. The van der Waals surface area contributed by atoms with Gasteiger partial charge in [-0.3, -0.25) is 4.68 Å². The van der Waals surface area contributed by atoms with Gasteiger partial charge >= 0.3 is 0 Å². The molecule has 108 valence electrons. The van der Waals surface area contributed by atoms with Crippen LogP contribution in [0.5, 0.6) is 0 Å². The summed E-state index contributed by atoms with van der Waals surface area (Å²) in [7, 11) is 1.89. The van der Waals surface area contributed by atoms with Crippen molar-refractivity contribution >= 4 is 11.6 Å². The van der Waals surface area contributed by atoms with E-state index >= 15 is 0 Å². The fraction of sp³-hybridized carbons (Fsp3) is 0.400. The average molecular weight is 296 g/mol. The molecule has 0 saturated carbocycles. The number of hydrogen-bond donors (Lipinski definition) is 1. The standard InChI is InChI=1S/C15H19ClFN3/c1-3-13-15(16)14(20(2)19-13)10-18-9-8-11-6-4-5-7-12(11)17/h4-7,18H,3,8-10H2,1-2H3. The molecule has 1 N–H and O–H groups in total. The molecule has 0 saturated heterocycles. The zero-order valence-electron chi connectivity index (χ0n) is 11.8. The highest BCUT2D eigenvalue weighted by Gasteiger charge is 2.12. The topological polar surface area (TPSA) is 29.9 Å². The van der Waals surface area contributed by atoms with Crippen molar-refractivity contribution in [3.8, 4) is 0 Å². The summed E-state index contributed by atoms with van der Waals surface area (Å²) in [6.45, 7) is 3.37. The molecule has 0 unspecified atom stereocenters. The third-order valence-corrected chi connectivity index (χ3v) is 3.76. The Morgan fingerprint density at radius 3 is 2.75 bits per heavy atom. The van der Waals surface area contributed by atoms with Crippen molar-refractivity contribution in [2.45, 2.75) is 26.3 Å². The van der Waals surface area contributed by atoms with Crippen LogP contribution in [0.25, 0.3) is 0 Å². The Morgan fingerprint density at radius 2 is 2.10 bits per heavy atom. The number of nitrogens with zero attached hydrogens (tertiary/aromatic N) is 2. The van der Waals surface area contributed by atoms with E-state index in [1.165, 1.54) is 6.07 Å². The lowest BCUT2D eigenvalue weighted by Crippen LogP contribution is -2.19. The Hall–Kier alpha value is -1.39. The van der Waals surface area contributed by atoms with E-state index in [2.05, 4.69) is 10.4 Å². The lowest BCUT2D eigenvalue weighted by atomic mass is 10.1. The van der Waals surface area contributed by atoms with Crippen LogP contribution in [-0.2, 0) is 26.4 Å². The van der Waals surface area contributed by atoms with E-state index in [4.69, 9.17) is 11.6 Å². The van der Waals surface area contributed by atoms with Gasteiger partial charge in [0.1, 0.15) is 5.82 Å². The Kier molecular flexibility index (Phi) is 5.15. The lowest BCUT2D eigenvalue weighted by Gasteiger charge is -2.06. The Morgan fingerprint density at radius 1 is 1.35 bits per heavy atom. The number of aryl methyl sites for hydroxylation is 2. The molecule has 2 aromatic rings. The van der Waals surface area contributed by atoms with Crippen molar-refractivity contribution in [2.24, 2.45) is 7.05 Å². The maximum atomic E-state index is 13.5. The number of aromatic nitrogens is 2. The van der Waals surface area contributed by atoms with E-state index in [9.17, 15) is 4.39 Å². The molecule has 0 fully saturated rings. The number of rotatable bonds is 6. The van der Waals surface area contributed by atoms with Crippen molar-refractivity contribution in [3.05, 3.63) is 52.1 Å². The minimum atomic E-state index is -0.152. The largest absolute Gasteiger partial charge is 0.311 e. The van der Waals surface area contributed by atoms with Gasteiger partial charge in [-0.1, -0.05) is 36.7 Å². The predicted octanol–water partition coefficient (Wildman–Crippen LogP) is 3.11. The second-order valence-electron chi connectivity index (χ2n) is 4.70. The van der Waals surface area contributed by atoms with Crippen molar-refractivity contribution < 1.29 is 4.39 Å². The third-order valence-electron chi connectivity index (χ3n) is 3.32. The van der Waals surface area contributed by atoms with E-state index < -0.39 is 0 Å². The van der Waals surface area contributed by atoms with Gasteiger partial charge in [0.15, 0.2) is 0 Å². The van der Waals surface area contributed by atoms with Gasteiger partial charge in [-0.05, 0) is 31.0 Å². The maximum Gasteiger partial charge on any atom is 0.126 e. The van der Waals surface area contributed by atoms with E-state index in [1.54, 1.807) is 10.7 Å². The van der Waals surface area contributed by atoms with Crippen molar-refractivity contribution in [3.63, 3.8) is 0 Å². The summed E-state index contributed by atoms with van der Waals surface area (Å²) in [6, 6.07) is 6.85. The van der Waals surface area contributed by atoms with Crippen molar-refractivity contribution in [1.29, 1.82) is 0 Å². The molecule has 0 atom stereocenters. The molecule has 0 aliphatic carbocycles. The van der Waals surface area contributed by atoms with Gasteiger partial charge in [-0.15, -0.1) is 0 Å². The van der Waals surface area contributed by atoms with Gasteiger partial charge in [0.25, 0.3) is 0 Å². The number of hydrogen-bond acceptors (Lipinski definition) is 2. The Labute approximate surface area is 123 Å². The minimum Gasteiger partial charge on any atom is -0.311 e. The molecular weight excluding hydrogens is 277 g/mol. The molecule has 20 heavy (non-hydrogen) atoms. The van der Waals surface area contributed by atoms with E-state index in [0.29, 0.717) is 19.5 Å². The molecule has 0 radical (unpaired) electrons. The molecule has 1 heterocycles. The fourth-order valence-corrected chi connectivity index (χ4v) is 2.50. The zero-order valence-corrected chi connectivity index (χ0v) is 12.5. The van der Waals surface area contributed by atoms with Crippen LogP contribution in [0.3, 0.4) is 0 Å². The van der Waals surface area contributed by atoms with Crippen LogP contribution in [0, 0.1) is 5.82 Å². The summed E-state index contributed by atoms with van der Waals surface area (Å²) in [5, 5.41) is 8.38. The predicted molar refractivity (Wildman–Crippen MR) is 79.4 cm³/mol. The monoisotopic (exact) mass is 295 g/mol. The van der Waals surface area contributed by atoms with Gasteiger partial charge in [-0.2, -0.15) is 5.10 Å². The third kappa shape index (κ3) is 3.38. The quantitative estimate of drug-likeness (QED) is 0.830. The molecule has 2 rings (SSSR count). The first-order valence-electron chi connectivity index (χ1n) is 6.77. The molecule has 1 aromatic heterocycles.